The van der Waals surface area contributed by atoms with E-state index in [1.54, 1.807) is 0 Å². The van der Waals surface area contributed by atoms with Gasteiger partial charge in [0.25, 0.3) is 0 Å². The highest BCUT2D eigenvalue weighted by Crippen LogP contribution is 2.29. The van der Waals surface area contributed by atoms with Crippen molar-refractivity contribution in [2.24, 2.45) is 5.92 Å². The predicted molar refractivity (Wildman–Crippen MR) is 65.7 cm³/mol. The number of pyridine rings is 1. The van der Waals surface area contributed by atoms with Crippen molar-refractivity contribution in [2.45, 2.75) is 25.8 Å². The van der Waals surface area contributed by atoms with E-state index >= 15 is 0 Å². The van der Waals surface area contributed by atoms with E-state index in [0.717, 1.165) is 12.5 Å². The fraction of sp³-hybridized carbons (Fsp3) is 0.615. The number of nitrogens with zero attached hydrogens (tertiary/aromatic N) is 2. The van der Waals surface area contributed by atoms with E-state index < -0.39 is 0 Å². The van der Waals surface area contributed by atoms with Crippen molar-refractivity contribution < 1.29 is 0 Å². The normalized spacial score (nSPS) is 29.2. The van der Waals surface area contributed by atoms with Gasteiger partial charge in [0.1, 0.15) is 5.82 Å². The fourth-order valence-corrected chi connectivity index (χ4v) is 3.03. The zero-order chi connectivity index (χ0) is 11.0. The lowest BCUT2D eigenvalue weighted by Crippen LogP contribution is -2.45. The van der Waals surface area contributed by atoms with Crippen LogP contribution in [0.2, 0.25) is 0 Å². The van der Waals surface area contributed by atoms with Crippen molar-refractivity contribution in [2.75, 3.05) is 24.5 Å². The Morgan fingerprint density at radius 1 is 1.44 bits per heavy atom. The Hall–Kier alpha value is -1.09. The maximum atomic E-state index is 4.52. The minimum atomic E-state index is 0.669. The summed E-state index contributed by atoms with van der Waals surface area (Å²) in [6.45, 7) is 5.62. The number of aromatic nitrogens is 1. The van der Waals surface area contributed by atoms with Gasteiger partial charge in [0.05, 0.1) is 0 Å². The molecule has 1 aromatic rings. The Kier molecular flexibility index (Phi) is 2.56. The third-order valence-electron chi connectivity index (χ3n) is 3.87. The second-order valence-corrected chi connectivity index (χ2v) is 5.01. The van der Waals surface area contributed by atoms with Crippen LogP contribution in [0.15, 0.2) is 18.3 Å². The summed E-state index contributed by atoms with van der Waals surface area (Å²) in [5, 5.41) is 3.51. The lowest BCUT2D eigenvalue weighted by Gasteiger charge is -2.38. The first kappa shape index (κ1) is 10.1. The SMILES string of the molecule is Cc1ccnc(N2CCCC3CNCC32)c1. The molecule has 2 atom stereocenters. The van der Waals surface area contributed by atoms with Crippen molar-refractivity contribution in [3.05, 3.63) is 23.9 Å². The van der Waals surface area contributed by atoms with Gasteiger partial charge in [-0.05, 0) is 43.4 Å². The summed E-state index contributed by atoms with van der Waals surface area (Å²) in [5.41, 5.74) is 1.30. The standard InChI is InChI=1S/C13H19N3/c1-10-4-5-15-13(7-10)16-6-2-3-11-8-14-9-12(11)16/h4-5,7,11-12,14H,2-3,6,8-9H2,1H3. The molecule has 2 aliphatic rings. The summed E-state index contributed by atoms with van der Waals surface area (Å²) in [4.78, 5) is 7.02. The molecule has 2 unspecified atom stereocenters. The highest BCUT2D eigenvalue weighted by atomic mass is 15.3. The second kappa shape index (κ2) is 4.06. The van der Waals surface area contributed by atoms with Crippen molar-refractivity contribution in [1.29, 1.82) is 0 Å². The van der Waals surface area contributed by atoms with Crippen LogP contribution in [0.4, 0.5) is 5.82 Å². The monoisotopic (exact) mass is 217 g/mol. The molecule has 0 spiro atoms. The summed E-state index contributed by atoms with van der Waals surface area (Å²) < 4.78 is 0. The van der Waals surface area contributed by atoms with Gasteiger partial charge < -0.3 is 10.2 Å². The number of hydrogen-bond acceptors (Lipinski definition) is 3. The second-order valence-electron chi connectivity index (χ2n) is 5.01. The van der Waals surface area contributed by atoms with Crippen LogP contribution in [0.25, 0.3) is 0 Å². The van der Waals surface area contributed by atoms with Crippen molar-refractivity contribution >= 4 is 5.82 Å². The summed E-state index contributed by atoms with van der Waals surface area (Å²) >= 11 is 0. The Balaban J connectivity index is 1.88. The van der Waals surface area contributed by atoms with Crippen LogP contribution in [-0.2, 0) is 0 Å². The van der Waals surface area contributed by atoms with E-state index in [0.29, 0.717) is 6.04 Å². The van der Waals surface area contributed by atoms with Gasteiger partial charge in [-0.25, -0.2) is 4.98 Å². The van der Waals surface area contributed by atoms with E-state index in [4.69, 9.17) is 0 Å². The number of piperidine rings is 1. The molecular formula is C13H19N3. The first-order valence-corrected chi connectivity index (χ1v) is 6.24. The van der Waals surface area contributed by atoms with Crippen LogP contribution >= 0.6 is 0 Å². The molecule has 3 nitrogen and oxygen atoms in total. The molecule has 0 bridgehead atoms. The molecule has 3 heterocycles. The molecule has 0 amide bonds. The number of aryl methyl sites for hydroxylation is 1. The lowest BCUT2D eigenvalue weighted by atomic mass is 9.92. The van der Waals surface area contributed by atoms with Crippen LogP contribution in [0.1, 0.15) is 18.4 Å². The van der Waals surface area contributed by atoms with Gasteiger partial charge in [-0.3, -0.25) is 0 Å². The van der Waals surface area contributed by atoms with E-state index in [9.17, 15) is 0 Å². The maximum Gasteiger partial charge on any atom is 0.129 e. The van der Waals surface area contributed by atoms with Gasteiger partial charge in [0.2, 0.25) is 0 Å². The molecule has 1 N–H and O–H groups in total. The molecule has 3 heteroatoms. The van der Waals surface area contributed by atoms with Gasteiger partial charge in [0.15, 0.2) is 0 Å². The first-order chi connectivity index (χ1) is 7.84. The third-order valence-corrected chi connectivity index (χ3v) is 3.87. The topological polar surface area (TPSA) is 28.2 Å². The number of hydrogen-bond donors (Lipinski definition) is 1. The molecule has 86 valence electrons. The Labute approximate surface area is 96.9 Å². The molecule has 2 saturated heterocycles. The van der Waals surface area contributed by atoms with Crippen LogP contribution < -0.4 is 10.2 Å². The Morgan fingerprint density at radius 3 is 3.25 bits per heavy atom. The number of nitrogens with one attached hydrogen (secondary N) is 1. The van der Waals surface area contributed by atoms with Crippen LogP contribution in [-0.4, -0.2) is 30.7 Å². The maximum absolute atomic E-state index is 4.52. The number of anilines is 1. The summed E-state index contributed by atoms with van der Waals surface area (Å²) in [6, 6.07) is 4.95. The minimum absolute atomic E-state index is 0.669. The molecule has 2 aliphatic heterocycles. The molecular weight excluding hydrogens is 198 g/mol. The number of rotatable bonds is 1. The summed E-state index contributed by atoms with van der Waals surface area (Å²) in [6.07, 6.45) is 4.61. The van der Waals surface area contributed by atoms with Gasteiger partial charge >= 0.3 is 0 Å². The third kappa shape index (κ3) is 1.69. The van der Waals surface area contributed by atoms with Crippen molar-refractivity contribution in [3.63, 3.8) is 0 Å². The van der Waals surface area contributed by atoms with Crippen LogP contribution in [0, 0.1) is 12.8 Å². The largest absolute Gasteiger partial charge is 0.352 e. The van der Waals surface area contributed by atoms with Crippen molar-refractivity contribution in [1.82, 2.24) is 10.3 Å². The highest BCUT2D eigenvalue weighted by molar-refractivity contribution is 5.43. The van der Waals surface area contributed by atoms with Gasteiger partial charge in [-0.2, -0.15) is 0 Å². The molecule has 16 heavy (non-hydrogen) atoms. The van der Waals surface area contributed by atoms with E-state index in [1.807, 2.05) is 6.20 Å². The van der Waals surface area contributed by atoms with Gasteiger partial charge in [-0.1, -0.05) is 0 Å². The average molecular weight is 217 g/mol. The zero-order valence-corrected chi connectivity index (χ0v) is 9.82. The molecule has 0 saturated carbocycles. The zero-order valence-electron chi connectivity index (χ0n) is 9.82. The highest BCUT2D eigenvalue weighted by Gasteiger charge is 2.35. The fourth-order valence-electron chi connectivity index (χ4n) is 3.03. The van der Waals surface area contributed by atoms with Gasteiger partial charge in [-0.15, -0.1) is 0 Å². The van der Waals surface area contributed by atoms with E-state index in [-0.39, 0.29) is 0 Å². The minimum Gasteiger partial charge on any atom is -0.352 e. The molecule has 1 aromatic heterocycles. The van der Waals surface area contributed by atoms with Gasteiger partial charge in [0, 0.05) is 31.9 Å². The molecule has 0 radical (unpaired) electrons. The quantitative estimate of drug-likeness (QED) is 0.774. The lowest BCUT2D eigenvalue weighted by molar-refractivity contribution is 0.383. The number of fused-ring (bicyclic) bond motifs is 1. The Bertz CT molecular complexity index is 377. The molecule has 0 aromatic carbocycles. The van der Waals surface area contributed by atoms with E-state index in [1.165, 1.54) is 37.3 Å². The molecule has 3 rings (SSSR count). The Morgan fingerprint density at radius 2 is 2.38 bits per heavy atom. The average Bonchev–Trinajstić information content (AvgIpc) is 2.76. The van der Waals surface area contributed by atoms with Crippen LogP contribution in [0.3, 0.4) is 0 Å². The van der Waals surface area contributed by atoms with Crippen LogP contribution in [0.5, 0.6) is 0 Å². The summed E-state index contributed by atoms with van der Waals surface area (Å²) in [5.74, 6) is 1.99. The molecule has 0 aliphatic carbocycles. The first-order valence-electron chi connectivity index (χ1n) is 6.24. The summed E-state index contributed by atoms with van der Waals surface area (Å²) in [7, 11) is 0. The van der Waals surface area contributed by atoms with E-state index in [2.05, 4.69) is 34.3 Å². The smallest absolute Gasteiger partial charge is 0.129 e. The molecule has 2 fully saturated rings. The predicted octanol–water partition coefficient (Wildman–Crippen LogP) is 1.58. The van der Waals surface area contributed by atoms with Crippen molar-refractivity contribution in [3.8, 4) is 0 Å².